The molecule has 1 amide bonds. The first-order valence-corrected chi connectivity index (χ1v) is 10.3. The number of hydrogen-bond acceptors (Lipinski definition) is 6. The monoisotopic (exact) mass is 396 g/mol. The predicted molar refractivity (Wildman–Crippen MR) is 118 cm³/mol. The lowest BCUT2D eigenvalue weighted by Gasteiger charge is -2.35. The summed E-state index contributed by atoms with van der Waals surface area (Å²) in [4.78, 5) is 25.9. The summed E-state index contributed by atoms with van der Waals surface area (Å²) in [5.41, 5.74) is 3.44. The molecule has 0 aliphatic carbocycles. The van der Waals surface area contributed by atoms with E-state index in [1.165, 1.54) is 12.8 Å². The molecule has 0 unspecified atom stereocenters. The molecule has 7 heteroatoms. The van der Waals surface area contributed by atoms with Crippen LogP contribution in [0.3, 0.4) is 0 Å². The third-order valence-corrected chi connectivity index (χ3v) is 5.39. The number of piperidine rings is 1. The van der Waals surface area contributed by atoms with Gasteiger partial charge in [0.05, 0.1) is 0 Å². The normalized spacial score (nSPS) is 15.5. The van der Waals surface area contributed by atoms with Crippen LogP contribution in [0.2, 0.25) is 0 Å². The van der Waals surface area contributed by atoms with E-state index >= 15 is 0 Å². The van der Waals surface area contributed by atoms with Crippen molar-refractivity contribution in [2.75, 3.05) is 44.4 Å². The topological polar surface area (TPSA) is 73.4 Å². The van der Waals surface area contributed by atoms with Gasteiger partial charge in [-0.3, -0.25) is 4.79 Å². The Kier molecular flexibility index (Phi) is 7.17. The highest BCUT2D eigenvalue weighted by Gasteiger charge is 2.20. The number of nitrogens with zero attached hydrogens (tertiary/aromatic N) is 4. The van der Waals surface area contributed by atoms with Gasteiger partial charge < -0.3 is 20.4 Å². The molecule has 1 aromatic heterocycles. The molecule has 7 nitrogen and oxygen atoms in total. The zero-order valence-corrected chi connectivity index (χ0v) is 17.9. The summed E-state index contributed by atoms with van der Waals surface area (Å²) in [5, 5.41) is 6.21. The first-order chi connectivity index (χ1) is 13.9. The van der Waals surface area contributed by atoms with Crippen molar-refractivity contribution < 1.29 is 4.79 Å². The van der Waals surface area contributed by atoms with E-state index in [2.05, 4.69) is 44.5 Å². The smallest absolute Gasteiger partial charge is 0.227 e. The lowest BCUT2D eigenvalue weighted by molar-refractivity contribution is -0.116. The van der Waals surface area contributed by atoms with Crippen molar-refractivity contribution in [2.45, 2.75) is 39.2 Å². The minimum Gasteiger partial charge on any atom is -0.326 e. The molecular formula is C22H32N6O. The molecule has 156 valence electrons. The van der Waals surface area contributed by atoms with Gasteiger partial charge in [0.25, 0.3) is 0 Å². The number of carbonyl (C=O) groups excluding carboxylic acids is 1. The summed E-state index contributed by atoms with van der Waals surface area (Å²) < 4.78 is 0. The quantitative estimate of drug-likeness (QED) is 0.749. The highest BCUT2D eigenvalue weighted by atomic mass is 16.1. The van der Waals surface area contributed by atoms with Gasteiger partial charge in [-0.05, 0) is 78.1 Å². The molecule has 1 aromatic carbocycles. The van der Waals surface area contributed by atoms with Crippen LogP contribution in [0.1, 0.15) is 30.7 Å². The number of rotatable bonds is 7. The number of anilines is 3. The summed E-state index contributed by atoms with van der Waals surface area (Å²) >= 11 is 0. The molecule has 1 fully saturated rings. The fourth-order valence-electron chi connectivity index (χ4n) is 3.71. The Morgan fingerprint density at radius 1 is 1.14 bits per heavy atom. The van der Waals surface area contributed by atoms with Crippen LogP contribution in [0.25, 0.3) is 0 Å². The molecule has 2 N–H and O–H groups in total. The molecule has 29 heavy (non-hydrogen) atoms. The Bertz CT molecular complexity index is 812. The van der Waals surface area contributed by atoms with Crippen LogP contribution < -0.4 is 10.6 Å². The van der Waals surface area contributed by atoms with E-state index in [9.17, 15) is 4.79 Å². The van der Waals surface area contributed by atoms with Crippen molar-refractivity contribution >= 4 is 23.2 Å². The average molecular weight is 397 g/mol. The Balaban J connectivity index is 1.51. The van der Waals surface area contributed by atoms with Crippen molar-refractivity contribution in [3.63, 3.8) is 0 Å². The number of benzene rings is 1. The summed E-state index contributed by atoms with van der Waals surface area (Å²) in [7, 11) is 4.29. The molecule has 2 heterocycles. The summed E-state index contributed by atoms with van der Waals surface area (Å²) in [5.74, 6) is 0.593. The molecule has 0 bridgehead atoms. The Morgan fingerprint density at radius 2 is 1.79 bits per heavy atom. The van der Waals surface area contributed by atoms with Crippen molar-refractivity contribution in [3.8, 4) is 0 Å². The second-order valence-electron chi connectivity index (χ2n) is 7.99. The maximum atomic E-state index is 12.4. The highest BCUT2D eigenvalue weighted by molar-refractivity contribution is 5.91. The Morgan fingerprint density at radius 3 is 2.48 bits per heavy atom. The van der Waals surface area contributed by atoms with Gasteiger partial charge in [-0.25, -0.2) is 9.97 Å². The van der Waals surface area contributed by atoms with Crippen LogP contribution in [0.15, 0.2) is 30.3 Å². The second-order valence-corrected chi connectivity index (χ2v) is 7.99. The van der Waals surface area contributed by atoms with Crippen LogP contribution in [0.4, 0.5) is 17.3 Å². The maximum Gasteiger partial charge on any atom is 0.227 e. The van der Waals surface area contributed by atoms with Crippen LogP contribution in [-0.4, -0.2) is 65.4 Å². The SMILES string of the molecule is Cc1cc(C)nc(Nc2cccc(NC(=O)CCN(C)C3CCN(C)CC3)c2)n1. The molecule has 0 saturated carbocycles. The van der Waals surface area contributed by atoms with Gasteiger partial charge in [0.1, 0.15) is 0 Å². The van der Waals surface area contributed by atoms with E-state index < -0.39 is 0 Å². The van der Waals surface area contributed by atoms with Gasteiger partial charge in [-0.2, -0.15) is 0 Å². The fraction of sp³-hybridized carbons (Fsp3) is 0.500. The number of aryl methyl sites for hydroxylation is 2. The Labute approximate surface area is 173 Å². The van der Waals surface area contributed by atoms with E-state index in [-0.39, 0.29) is 5.91 Å². The largest absolute Gasteiger partial charge is 0.326 e. The number of likely N-dealkylation sites (tertiary alicyclic amines) is 1. The standard InChI is InChI=1S/C22H32N6O/c1-16-14-17(2)24-22(23-16)26-19-7-5-6-18(15-19)25-21(29)10-13-28(4)20-8-11-27(3)12-9-20/h5-7,14-15,20H,8-13H2,1-4H3,(H,25,29)(H,23,24,26). The van der Waals surface area contributed by atoms with Crippen LogP contribution >= 0.6 is 0 Å². The molecule has 1 aliphatic heterocycles. The van der Waals surface area contributed by atoms with Gasteiger partial charge in [0.2, 0.25) is 11.9 Å². The summed E-state index contributed by atoms with van der Waals surface area (Å²) in [6.45, 7) is 6.92. The van der Waals surface area contributed by atoms with Crippen LogP contribution in [0.5, 0.6) is 0 Å². The molecule has 1 saturated heterocycles. The lowest BCUT2D eigenvalue weighted by Crippen LogP contribution is -2.42. The summed E-state index contributed by atoms with van der Waals surface area (Å²) in [6.07, 6.45) is 2.83. The van der Waals surface area contributed by atoms with E-state index in [4.69, 9.17) is 0 Å². The van der Waals surface area contributed by atoms with Crippen LogP contribution in [0, 0.1) is 13.8 Å². The maximum absolute atomic E-state index is 12.4. The highest BCUT2D eigenvalue weighted by Crippen LogP contribution is 2.19. The number of nitrogens with one attached hydrogen (secondary N) is 2. The third-order valence-electron chi connectivity index (χ3n) is 5.39. The molecule has 2 aromatic rings. The number of amides is 1. The first-order valence-electron chi connectivity index (χ1n) is 10.3. The van der Waals surface area contributed by atoms with E-state index in [1.807, 2.05) is 44.2 Å². The zero-order chi connectivity index (χ0) is 20.8. The predicted octanol–water partition coefficient (Wildman–Crippen LogP) is 3.19. The van der Waals surface area contributed by atoms with Gasteiger partial charge >= 0.3 is 0 Å². The zero-order valence-electron chi connectivity index (χ0n) is 17.9. The minimum absolute atomic E-state index is 0.0320. The van der Waals surface area contributed by atoms with E-state index in [1.54, 1.807) is 0 Å². The number of carbonyl (C=O) groups is 1. The van der Waals surface area contributed by atoms with Gasteiger partial charge in [0, 0.05) is 41.8 Å². The van der Waals surface area contributed by atoms with Crippen molar-refractivity contribution in [1.29, 1.82) is 0 Å². The molecular weight excluding hydrogens is 364 g/mol. The first kappa shape index (κ1) is 21.2. The third kappa shape index (κ3) is 6.51. The van der Waals surface area contributed by atoms with Gasteiger partial charge in [-0.15, -0.1) is 0 Å². The fourth-order valence-corrected chi connectivity index (χ4v) is 3.71. The molecule has 0 atom stereocenters. The van der Waals surface area contributed by atoms with E-state index in [0.29, 0.717) is 18.4 Å². The van der Waals surface area contributed by atoms with Crippen molar-refractivity contribution in [3.05, 3.63) is 41.7 Å². The molecule has 1 aliphatic rings. The number of aromatic nitrogens is 2. The van der Waals surface area contributed by atoms with Gasteiger partial charge in [0.15, 0.2) is 0 Å². The van der Waals surface area contributed by atoms with Crippen molar-refractivity contribution in [1.82, 2.24) is 19.8 Å². The average Bonchev–Trinajstić information content (AvgIpc) is 2.66. The molecule has 3 rings (SSSR count). The summed E-state index contributed by atoms with van der Waals surface area (Å²) in [6, 6.07) is 10.1. The Hall–Kier alpha value is -2.51. The lowest BCUT2D eigenvalue weighted by atomic mass is 10.0. The molecule has 0 spiro atoms. The van der Waals surface area contributed by atoms with Gasteiger partial charge in [-0.1, -0.05) is 6.07 Å². The van der Waals surface area contributed by atoms with Crippen LogP contribution in [-0.2, 0) is 4.79 Å². The van der Waals surface area contributed by atoms with E-state index in [0.717, 1.165) is 42.4 Å². The molecule has 0 radical (unpaired) electrons. The minimum atomic E-state index is 0.0320. The number of hydrogen-bond donors (Lipinski definition) is 2. The second kappa shape index (κ2) is 9.80. The van der Waals surface area contributed by atoms with Crippen molar-refractivity contribution in [2.24, 2.45) is 0 Å².